The number of rotatable bonds is 6. The van der Waals surface area contributed by atoms with Crippen LogP contribution < -0.4 is 0 Å². The van der Waals surface area contributed by atoms with Gasteiger partial charge in [-0.3, -0.25) is 0 Å². The molecule has 0 fully saturated rings. The quantitative estimate of drug-likeness (QED) is 0.457. The molecule has 0 N–H and O–H groups in total. The summed E-state index contributed by atoms with van der Waals surface area (Å²) in [6.45, 7) is 3.61. The molecular weight excluding hydrogens is 307 g/mol. The van der Waals surface area contributed by atoms with Crippen LogP contribution in [-0.4, -0.2) is 21.0 Å². The molecule has 7 heteroatoms. The van der Waals surface area contributed by atoms with E-state index in [1.54, 1.807) is 0 Å². The van der Waals surface area contributed by atoms with Crippen molar-refractivity contribution >= 4 is 25.7 Å². The van der Waals surface area contributed by atoms with E-state index in [1.165, 1.54) is 13.0 Å². The zero-order chi connectivity index (χ0) is 15.3. The predicted molar refractivity (Wildman–Crippen MR) is 74.0 cm³/mol. The summed E-state index contributed by atoms with van der Waals surface area (Å²) < 4.78 is 41.2. The van der Waals surface area contributed by atoms with Crippen LogP contribution in [0.4, 0.5) is 4.39 Å². The fourth-order valence-corrected chi connectivity index (χ4v) is 2.61. The maximum Gasteiger partial charge on any atom is 0.338 e. The van der Waals surface area contributed by atoms with Crippen molar-refractivity contribution in [3.05, 3.63) is 29.1 Å². The first-order chi connectivity index (χ1) is 9.27. The fourth-order valence-electron chi connectivity index (χ4n) is 1.63. The van der Waals surface area contributed by atoms with Gasteiger partial charge in [-0.15, -0.1) is 0 Å². The third-order valence-electron chi connectivity index (χ3n) is 2.70. The average Bonchev–Trinajstić information content (AvgIpc) is 2.36. The lowest BCUT2D eigenvalue weighted by atomic mass is 10.1. The Kier molecular flexibility index (Phi) is 5.95. The topological polar surface area (TPSA) is 60.4 Å². The lowest BCUT2D eigenvalue weighted by molar-refractivity contribution is 0.0497. The third kappa shape index (κ3) is 4.45. The van der Waals surface area contributed by atoms with Crippen molar-refractivity contribution in [2.75, 3.05) is 6.61 Å². The van der Waals surface area contributed by atoms with Crippen LogP contribution in [0.25, 0.3) is 0 Å². The highest BCUT2D eigenvalue weighted by Crippen LogP contribution is 2.24. The van der Waals surface area contributed by atoms with E-state index in [2.05, 4.69) is 0 Å². The molecule has 1 aromatic carbocycles. The van der Waals surface area contributed by atoms with Crippen molar-refractivity contribution in [3.63, 3.8) is 0 Å². The molecule has 0 unspecified atom stereocenters. The van der Waals surface area contributed by atoms with E-state index >= 15 is 0 Å². The van der Waals surface area contributed by atoms with Crippen LogP contribution in [0.1, 0.15) is 42.1 Å². The van der Waals surface area contributed by atoms with Gasteiger partial charge >= 0.3 is 5.97 Å². The lowest BCUT2D eigenvalue weighted by Crippen LogP contribution is -2.09. The summed E-state index contributed by atoms with van der Waals surface area (Å²) in [6, 6.07) is 2.13. The fraction of sp³-hybridized carbons (Fsp3) is 0.462. The summed E-state index contributed by atoms with van der Waals surface area (Å²) in [6.07, 6.45) is 2.64. The van der Waals surface area contributed by atoms with Gasteiger partial charge in [0.25, 0.3) is 9.05 Å². The van der Waals surface area contributed by atoms with Gasteiger partial charge in [0, 0.05) is 10.7 Å². The van der Waals surface area contributed by atoms with Crippen LogP contribution in [0.3, 0.4) is 0 Å². The second-order valence-electron chi connectivity index (χ2n) is 4.39. The molecule has 0 bridgehead atoms. The minimum atomic E-state index is -4.25. The van der Waals surface area contributed by atoms with E-state index in [0.717, 1.165) is 25.3 Å². The molecule has 4 nitrogen and oxygen atoms in total. The molecule has 112 valence electrons. The summed E-state index contributed by atoms with van der Waals surface area (Å²) in [5.74, 6) is -1.65. The summed E-state index contributed by atoms with van der Waals surface area (Å²) in [5.41, 5.74) is -0.00754. The SMILES string of the molecule is CCCCCOC(=O)c1cc(C)c(F)c(S(=O)(=O)Cl)c1. The summed E-state index contributed by atoms with van der Waals surface area (Å²) in [4.78, 5) is 11.1. The number of unbranched alkanes of at least 4 members (excludes halogenated alkanes) is 2. The van der Waals surface area contributed by atoms with Crippen molar-refractivity contribution in [2.24, 2.45) is 0 Å². The number of ether oxygens (including phenoxy) is 1. The van der Waals surface area contributed by atoms with Gasteiger partial charge in [-0.1, -0.05) is 19.8 Å². The first-order valence-electron chi connectivity index (χ1n) is 6.19. The van der Waals surface area contributed by atoms with E-state index in [9.17, 15) is 17.6 Å². The maximum absolute atomic E-state index is 13.7. The molecule has 0 aromatic heterocycles. The molecule has 0 aliphatic heterocycles. The van der Waals surface area contributed by atoms with Gasteiger partial charge in [0.05, 0.1) is 12.2 Å². The second kappa shape index (κ2) is 7.04. The van der Waals surface area contributed by atoms with E-state index in [-0.39, 0.29) is 17.7 Å². The standard InChI is InChI=1S/C13H16ClFO4S/c1-3-4-5-6-19-13(16)10-7-9(2)12(15)11(8-10)20(14,17)18/h7-8H,3-6H2,1-2H3. The molecule has 0 heterocycles. The molecule has 1 aromatic rings. The van der Waals surface area contributed by atoms with Gasteiger partial charge in [0.1, 0.15) is 10.7 Å². The number of carbonyl (C=O) groups excluding carboxylic acids is 1. The second-order valence-corrected chi connectivity index (χ2v) is 6.92. The number of esters is 1. The number of hydrogen-bond acceptors (Lipinski definition) is 4. The molecule has 0 spiro atoms. The molecule has 20 heavy (non-hydrogen) atoms. The highest BCUT2D eigenvalue weighted by atomic mass is 35.7. The first-order valence-corrected chi connectivity index (χ1v) is 8.50. The number of hydrogen-bond donors (Lipinski definition) is 0. The van der Waals surface area contributed by atoms with Gasteiger partial charge in [0.2, 0.25) is 0 Å². The van der Waals surface area contributed by atoms with E-state index < -0.39 is 25.7 Å². The minimum Gasteiger partial charge on any atom is -0.462 e. The van der Waals surface area contributed by atoms with Crippen LogP contribution in [0.5, 0.6) is 0 Å². The Bertz CT molecular complexity index is 599. The Morgan fingerprint density at radius 1 is 1.35 bits per heavy atom. The lowest BCUT2D eigenvalue weighted by Gasteiger charge is -2.08. The molecule has 0 amide bonds. The number of carbonyl (C=O) groups is 1. The maximum atomic E-state index is 13.7. The summed E-state index contributed by atoms with van der Waals surface area (Å²) in [7, 11) is 0.886. The molecule has 0 radical (unpaired) electrons. The first kappa shape index (κ1) is 16.9. The number of benzene rings is 1. The van der Waals surface area contributed by atoms with E-state index in [1.807, 2.05) is 6.92 Å². The van der Waals surface area contributed by atoms with Crippen LogP contribution in [0.15, 0.2) is 17.0 Å². The van der Waals surface area contributed by atoms with Gasteiger partial charge in [-0.05, 0) is 31.0 Å². The molecule has 0 saturated carbocycles. The average molecular weight is 323 g/mol. The molecule has 0 aliphatic carbocycles. The number of halogens is 2. The zero-order valence-corrected chi connectivity index (χ0v) is 12.9. The van der Waals surface area contributed by atoms with E-state index in [0.29, 0.717) is 0 Å². The summed E-state index contributed by atoms with van der Waals surface area (Å²) >= 11 is 0. The van der Waals surface area contributed by atoms with Crippen LogP contribution in [0, 0.1) is 12.7 Å². The Balaban J connectivity index is 2.97. The van der Waals surface area contributed by atoms with E-state index in [4.69, 9.17) is 15.4 Å². The van der Waals surface area contributed by atoms with Crippen LogP contribution in [0.2, 0.25) is 0 Å². The van der Waals surface area contributed by atoms with Crippen molar-refractivity contribution in [1.29, 1.82) is 0 Å². The smallest absolute Gasteiger partial charge is 0.338 e. The Morgan fingerprint density at radius 2 is 2.00 bits per heavy atom. The number of aryl methyl sites for hydroxylation is 1. The molecule has 0 aliphatic rings. The van der Waals surface area contributed by atoms with Gasteiger partial charge in [-0.25, -0.2) is 17.6 Å². The molecule has 0 atom stereocenters. The summed E-state index contributed by atoms with van der Waals surface area (Å²) in [5, 5.41) is 0. The van der Waals surface area contributed by atoms with Gasteiger partial charge in [-0.2, -0.15) is 0 Å². The minimum absolute atomic E-state index is 0.0206. The Hall–Kier alpha value is -1.14. The van der Waals surface area contributed by atoms with Crippen LogP contribution in [-0.2, 0) is 13.8 Å². The van der Waals surface area contributed by atoms with Crippen molar-refractivity contribution < 1.29 is 22.3 Å². The largest absolute Gasteiger partial charge is 0.462 e. The molecule has 1 rings (SSSR count). The van der Waals surface area contributed by atoms with Crippen molar-refractivity contribution in [3.8, 4) is 0 Å². The zero-order valence-electron chi connectivity index (χ0n) is 11.3. The Morgan fingerprint density at radius 3 is 2.55 bits per heavy atom. The highest BCUT2D eigenvalue weighted by molar-refractivity contribution is 8.13. The molecule has 0 saturated heterocycles. The highest BCUT2D eigenvalue weighted by Gasteiger charge is 2.21. The van der Waals surface area contributed by atoms with Crippen molar-refractivity contribution in [2.45, 2.75) is 38.0 Å². The van der Waals surface area contributed by atoms with Crippen LogP contribution >= 0.6 is 10.7 Å². The van der Waals surface area contributed by atoms with Gasteiger partial charge < -0.3 is 4.74 Å². The molecular formula is C13H16ClFO4S. The monoisotopic (exact) mass is 322 g/mol. The normalized spacial score (nSPS) is 11.4. The third-order valence-corrected chi connectivity index (χ3v) is 4.02. The predicted octanol–water partition coefficient (Wildman–Crippen LogP) is 3.41. The Labute approximate surface area is 122 Å². The van der Waals surface area contributed by atoms with Gasteiger partial charge in [0.15, 0.2) is 0 Å². The van der Waals surface area contributed by atoms with Crippen molar-refractivity contribution in [1.82, 2.24) is 0 Å².